The smallest absolute Gasteiger partial charge is 0.560 e. The molecule has 38 heavy (non-hydrogen) atoms. The molecule has 13 heteroatoms. The topological polar surface area (TPSA) is 137 Å². The van der Waals surface area contributed by atoms with Gasteiger partial charge in [-0.05, 0) is 42.8 Å². The molecule has 0 aliphatic carbocycles. The van der Waals surface area contributed by atoms with Gasteiger partial charge in [-0.3, -0.25) is 9.59 Å². The number of nitrogens with one attached hydrogen (secondary N) is 2. The predicted molar refractivity (Wildman–Crippen MR) is 137 cm³/mol. The molecule has 0 spiro atoms. The fraction of sp³-hybridized carbons (Fsp3) is 0.160. The van der Waals surface area contributed by atoms with E-state index in [1.165, 1.54) is 37.3 Å². The molecule has 0 saturated carbocycles. The van der Waals surface area contributed by atoms with Crippen molar-refractivity contribution in [2.24, 2.45) is 0 Å². The number of sulfonamides is 1. The van der Waals surface area contributed by atoms with Gasteiger partial charge in [-0.25, -0.2) is 12.8 Å². The molecule has 0 radical (unpaired) electrons. The van der Waals surface area contributed by atoms with E-state index in [9.17, 15) is 18.0 Å². The molecular weight excluding hydrogens is 567 g/mol. The average molecular weight is 586 g/mol. The Morgan fingerprint density at radius 1 is 1.16 bits per heavy atom. The Balaban J connectivity index is 0.00000507. The van der Waals surface area contributed by atoms with E-state index in [0.717, 1.165) is 6.07 Å². The van der Waals surface area contributed by atoms with Crippen LogP contribution in [0.5, 0.6) is 11.5 Å². The fourth-order valence-electron chi connectivity index (χ4n) is 3.45. The van der Waals surface area contributed by atoms with E-state index < -0.39 is 43.9 Å². The van der Waals surface area contributed by atoms with Gasteiger partial charge in [-0.1, -0.05) is 42.3 Å². The maximum absolute atomic E-state index is 15.3. The number of nitrogens with zero attached hydrogens (tertiary/aromatic N) is 1. The van der Waals surface area contributed by atoms with Crippen molar-refractivity contribution in [2.45, 2.75) is 31.6 Å². The van der Waals surface area contributed by atoms with Crippen LogP contribution in [0.15, 0.2) is 47.4 Å². The number of ether oxygens (including phenoxy) is 1. The van der Waals surface area contributed by atoms with Crippen LogP contribution in [0.3, 0.4) is 0 Å². The molecule has 1 amide bonds. The molecule has 0 atom stereocenters. The summed E-state index contributed by atoms with van der Waals surface area (Å²) in [5.41, 5.74) is 0.186. The van der Waals surface area contributed by atoms with E-state index in [4.69, 9.17) is 38.3 Å². The predicted octanol–water partition coefficient (Wildman–Crippen LogP) is 3.62. The number of carbonyl (C=O) groups excluding carboxylic acids is 2. The summed E-state index contributed by atoms with van der Waals surface area (Å²) in [5.74, 6) is -2.14. The van der Waals surface area contributed by atoms with Gasteiger partial charge in [0.25, 0.3) is 0 Å². The molecule has 0 aliphatic rings. The zero-order chi connectivity index (χ0) is 27.5. The van der Waals surface area contributed by atoms with Crippen molar-refractivity contribution in [1.29, 1.82) is 5.26 Å². The zero-order valence-corrected chi connectivity index (χ0v) is 24.8. The number of benzene rings is 3. The summed E-state index contributed by atoms with van der Waals surface area (Å²) in [6.45, 7) is 3.12. The Kier molecular flexibility index (Phi) is 10.9. The van der Waals surface area contributed by atoms with Gasteiger partial charge in [0.05, 0.1) is 33.7 Å². The number of carbonyl (C=O) groups is 2. The number of hydrogen-bond acceptors (Lipinski definition) is 6. The van der Waals surface area contributed by atoms with Crippen LogP contribution in [0.1, 0.15) is 40.4 Å². The second kappa shape index (κ2) is 13.0. The molecule has 0 fully saturated rings. The van der Waals surface area contributed by atoms with Gasteiger partial charge in [0.2, 0.25) is 5.91 Å². The monoisotopic (exact) mass is 585 g/mol. The van der Waals surface area contributed by atoms with Gasteiger partial charge >= 0.3 is 29.6 Å². The minimum Gasteiger partial charge on any atom is -0.560 e. The van der Waals surface area contributed by atoms with Crippen LogP contribution in [0.2, 0.25) is 10.0 Å². The van der Waals surface area contributed by atoms with E-state index in [1.807, 2.05) is 6.07 Å². The number of Topliss-reactive ketones (excluding diaryl/α,β-unsaturated/α-hetero) is 1. The number of halogens is 3. The van der Waals surface area contributed by atoms with E-state index in [1.54, 1.807) is 13.0 Å². The molecular formula is C25H19Cl2FN3NaO5S. The first-order valence-corrected chi connectivity index (χ1v) is 12.9. The van der Waals surface area contributed by atoms with Gasteiger partial charge in [0.1, 0.15) is 15.8 Å². The third-order valence-electron chi connectivity index (χ3n) is 5.21. The maximum Gasteiger partial charge on any atom is 1.00 e. The van der Waals surface area contributed by atoms with Crippen LogP contribution in [-0.2, 0) is 21.2 Å². The average Bonchev–Trinajstić information content (AvgIpc) is 2.83. The Labute approximate surface area is 251 Å². The summed E-state index contributed by atoms with van der Waals surface area (Å²) in [4.78, 5) is 24.1. The first-order chi connectivity index (χ1) is 17.3. The summed E-state index contributed by atoms with van der Waals surface area (Å²) in [5, 5.41) is 18.7. The summed E-state index contributed by atoms with van der Waals surface area (Å²) >= 11 is 12.1. The van der Waals surface area contributed by atoms with E-state index >= 15 is 4.39 Å². The van der Waals surface area contributed by atoms with Gasteiger partial charge in [-0.2, -0.15) is 5.26 Å². The molecule has 0 saturated heterocycles. The summed E-state index contributed by atoms with van der Waals surface area (Å²) in [6.07, 6.45) is -0.495. The molecule has 3 aromatic carbocycles. The van der Waals surface area contributed by atoms with E-state index in [0.29, 0.717) is 5.56 Å². The van der Waals surface area contributed by atoms with Crippen molar-refractivity contribution >= 4 is 50.6 Å². The van der Waals surface area contributed by atoms with Crippen molar-refractivity contribution in [3.63, 3.8) is 0 Å². The van der Waals surface area contributed by atoms with Gasteiger partial charge in [-0.15, -0.1) is 0 Å². The van der Waals surface area contributed by atoms with E-state index in [-0.39, 0.29) is 74.9 Å². The number of nitriles is 1. The van der Waals surface area contributed by atoms with Crippen molar-refractivity contribution in [2.75, 3.05) is 5.32 Å². The Hall–Kier alpha value is -2.49. The quantitative estimate of drug-likeness (QED) is 0.316. The third-order valence-corrected chi connectivity index (χ3v) is 6.89. The van der Waals surface area contributed by atoms with Crippen LogP contribution >= 0.6 is 23.2 Å². The SMILES string of the molecule is CCC(=O)c1ccc(NC(=O)Cc2ccc(C)c(Oc3cc(Cl)cc(C#N)c3)c2F)c(Cl)c1S([NH-])(=O)=O.[Na+]. The first-order valence-electron chi connectivity index (χ1n) is 10.7. The zero-order valence-electron chi connectivity index (χ0n) is 20.5. The number of amides is 1. The molecule has 3 rings (SSSR count). The van der Waals surface area contributed by atoms with Crippen molar-refractivity contribution in [3.05, 3.63) is 85.7 Å². The van der Waals surface area contributed by atoms with Crippen molar-refractivity contribution in [3.8, 4) is 17.6 Å². The van der Waals surface area contributed by atoms with Crippen LogP contribution in [0.25, 0.3) is 5.14 Å². The Bertz CT molecular complexity index is 1580. The molecule has 0 heterocycles. The largest absolute Gasteiger partial charge is 1.00 e. The summed E-state index contributed by atoms with van der Waals surface area (Å²) < 4.78 is 44.9. The number of anilines is 1. The van der Waals surface area contributed by atoms with Crippen LogP contribution < -0.4 is 39.6 Å². The Morgan fingerprint density at radius 3 is 2.45 bits per heavy atom. The molecule has 3 aromatic rings. The molecule has 0 unspecified atom stereocenters. The van der Waals surface area contributed by atoms with Gasteiger partial charge < -0.3 is 15.2 Å². The maximum atomic E-state index is 15.3. The minimum absolute atomic E-state index is 0. The van der Waals surface area contributed by atoms with Gasteiger partial charge in [0, 0.05) is 22.6 Å². The molecule has 192 valence electrons. The second-order valence-corrected chi connectivity index (χ2v) is 10.1. The van der Waals surface area contributed by atoms with Crippen LogP contribution in [-0.4, -0.2) is 20.1 Å². The Morgan fingerprint density at radius 2 is 1.84 bits per heavy atom. The minimum atomic E-state index is -4.65. The normalized spacial score (nSPS) is 10.8. The first kappa shape index (κ1) is 31.7. The molecule has 8 nitrogen and oxygen atoms in total. The number of aryl methyl sites for hydroxylation is 1. The number of hydrogen-bond donors (Lipinski definition) is 1. The summed E-state index contributed by atoms with van der Waals surface area (Å²) in [6, 6.07) is 11.5. The molecule has 0 bridgehead atoms. The summed E-state index contributed by atoms with van der Waals surface area (Å²) in [7, 11) is -4.65. The number of rotatable bonds is 8. The number of ketones is 1. The van der Waals surface area contributed by atoms with Crippen LogP contribution in [0, 0.1) is 24.1 Å². The standard InChI is InChI=1S/C25H20Cl2FN3O5S.Na/c1-3-20(32)18-6-7-19(22(27)25(18)37(30,34)35)31-21(33)10-15-5-4-13(2)24(23(15)28)36-17-9-14(12-29)8-16(26)11-17;/h4-9,11H,3,10H2,1-2H3,(H3,30,31,32,33,34,35);/q;+1/p-1. The van der Waals surface area contributed by atoms with E-state index in [2.05, 4.69) is 5.32 Å². The second-order valence-electron chi connectivity index (χ2n) is 7.88. The van der Waals surface area contributed by atoms with Gasteiger partial charge in [0.15, 0.2) is 17.3 Å². The third kappa shape index (κ3) is 7.33. The molecule has 0 aromatic heterocycles. The molecule has 2 N–H and O–H groups in total. The fourth-order valence-corrected chi connectivity index (χ4v) is 5.01. The van der Waals surface area contributed by atoms with Crippen LogP contribution in [0.4, 0.5) is 10.1 Å². The molecule has 0 aliphatic heterocycles. The van der Waals surface area contributed by atoms with Crippen molar-refractivity contribution < 1.29 is 56.7 Å². The van der Waals surface area contributed by atoms with Crippen molar-refractivity contribution in [1.82, 2.24) is 0 Å².